The molecule has 164 valence electrons. The number of hydroxylamine groups is 1. The molecule has 0 heterocycles. The number of allylic oxidation sites excluding steroid dienone is 1. The Morgan fingerprint density at radius 1 is 0.938 bits per heavy atom. The molecule has 5 heteroatoms. The Bertz CT molecular complexity index is 1020. The Hall–Kier alpha value is -3.41. The zero-order chi connectivity index (χ0) is 22.2. The van der Waals surface area contributed by atoms with E-state index in [9.17, 15) is 4.79 Å². The third kappa shape index (κ3) is 5.44. The predicted molar refractivity (Wildman–Crippen MR) is 124 cm³/mol. The van der Waals surface area contributed by atoms with Gasteiger partial charge in [0.2, 0.25) is 0 Å². The van der Waals surface area contributed by atoms with Gasteiger partial charge in [0.15, 0.2) is 6.61 Å². The third-order valence-corrected chi connectivity index (χ3v) is 5.54. The van der Waals surface area contributed by atoms with Crippen molar-refractivity contribution in [3.63, 3.8) is 0 Å². The van der Waals surface area contributed by atoms with Gasteiger partial charge in [0, 0.05) is 12.1 Å². The van der Waals surface area contributed by atoms with Gasteiger partial charge < -0.3 is 9.84 Å². The van der Waals surface area contributed by atoms with Crippen molar-refractivity contribution in [1.82, 2.24) is 5.48 Å². The highest BCUT2D eigenvalue weighted by Crippen LogP contribution is 2.36. The molecule has 0 spiro atoms. The number of carboxylic acids is 1. The van der Waals surface area contributed by atoms with E-state index < -0.39 is 5.97 Å². The van der Waals surface area contributed by atoms with Crippen molar-refractivity contribution in [3.05, 3.63) is 107 Å². The maximum atomic E-state index is 10.9. The molecule has 0 radical (unpaired) electrons. The number of benzene rings is 3. The summed E-state index contributed by atoms with van der Waals surface area (Å²) < 4.78 is 5.50. The fraction of sp³-hybridized carbons (Fsp3) is 0.222. The van der Waals surface area contributed by atoms with Gasteiger partial charge in [0.1, 0.15) is 11.9 Å². The summed E-state index contributed by atoms with van der Waals surface area (Å²) in [4.78, 5) is 17.0. The Balaban J connectivity index is 1.45. The molecule has 2 N–H and O–H groups in total. The molecule has 0 fully saturated rings. The summed E-state index contributed by atoms with van der Waals surface area (Å²) in [6.45, 7) is 0.233. The summed E-state index contributed by atoms with van der Waals surface area (Å²) in [6.07, 6.45) is 4.80. The lowest BCUT2D eigenvalue weighted by molar-refractivity contribution is -0.139. The molecule has 3 aromatic rings. The second-order valence-electron chi connectivity index (χ2n) is 7.72. The van der Waals surface area contributed by atoms with Crippen LogP contribution in [-0.2, 0) is 16.1 Å². The summed E-state index contributed by atoms with van der Waals surface area (Å²) >= 11 is 0. The molecule has 0 amide bonds. The van der Waals surface area contributed by atoms with Crippen molar-refractivity contribution in [2.75, 3.05) is 13.2 Å². The topological polar surface area (TPSA) is 67.8 Å². The number of nitrogens with one attached hydrogen (secondary N) is 1. The van der Waals surface area contributed by atoms with Gasteiger partial charge in [-0.3, -0.25) is 4.84 Å². The van der Waals surface area contributed by atoms with Crippen LogP contribution in [0, 0.1) is 0 Å². The molecule has 0 unspecified atom stereocenters. The Kier molecular flexibility index (Phi) is 7.33. The number of hydrogen-bond acceptors (Lipinski definition) is 4. The lowest BCUT2D eigenvalue weighted by Crippen LogP contribution is -2.20. The first-order valence-corrected chi connectivity index (χ1v) is 10.9. The molecule has 0 bridgehead atoms. The first-order valence-electron chi connectivity index (χ1n) is 10.9. The SMILES string of the molecule is O=C(O)COc1cccc2c1CCC/C2=C/CNOC(c1ccccc1)c1ccccc1. The molecule has 4 rings (SSSR count). The van der Waals surface area contributed by atoms with E-state index in [-0.39, 0.29) is 12.7 Å². The van der Waals surface area contributed by atoms with E-state index in [1.54, 1.807) is 0 Å². The lowest BCUT2D eigenvalue weighted by Gasteiger charge is -2.22. The zero-order valence-corrected chi connectivity index (χ0v) is 17.9. The van der Waals surface area contributed by atoms with Crippen LogP contribution in [0.1, 0.15) is 41.2 Å². The highest BCUT2D eigenvalue weighted by Gasteiger charge is 2.19. The van der Waals surface area contributed by atoms with Crippen LogP contribution in [0.15, 0.2) is 84.9 Å². The predicted octanol–water partition coefficient (Wildman–Crippen LogP) is 5.18. The average Bonchev–Trinajstić information content (AvgIpc) is 2.84. The first-order chi connectivity index (χ1) is 15.7. The molecule has 0 saturated heterocycles. The zero-order valence-electron chi connectivity index (χ0n) is 17.9. The van der Waals surface area contributed by atoms with Gasteiger partial charge in [-0.05, 0) is 47.6 Å². The normalized spacial score (nSPS) is 14.3. The number of ether oxygens (including phenoxy) is 1. The van der Waals surface area contributed by atoms with Crippen LogP contribution < -0.4 is 10.2 Å². The van der Waals surface area contributed by atoms with Gasteiger partial charge in [-0.25, -0.2) is 4.79 Å². The maximum Gasteiger partial charge on any atom is 0.341 e. The standard InChI is InChI=1S/C27H27NO4/c29-26(30)19-31-25-16-8-14-23-20(13-7-15-24(23)25)17-18-28-32-27(21-9-3-1-4-10-21)22-11-5-2-6-12-22/h1-6,8-12,14,16-17,27-28H,7,13,15,18-19H2,(H,29,30)/b20-17-. The number of hydrogen-bond donors (Lipinski definition) is 2. The molecule has 32 heavy (non-hydrogen) atoms. The van der Waals surface area contributed by atoms with Crippen molar-refractivity contribution in [1.29, 1.82) is 0 Å². The van der Waals surface area contributed by atoms with Gasteiger partial charge in [-0.1, -0.05) is 78.9 Å². The summed E-state index contributed by atoms with van der Waals surface area (Å²) in [5, 5.41) is 8.93. The summed E-state index contributed by atoms with van der Waals surface area (Å²) in [6, 6.07) is 26.1. The summed E-state index contributed by atoms with van der Waals surface area (Å²) in [5.74, 6) is -0.310. The van der Waals surface area contributed by atoms with Gasteiger partial charge >= 0.3 is 5.97 Å². The van der Waals surface area contributed by atoms with Crippen LogP contribution in [0.25, 0.3) is 5.57 Å². The first kappa shape index (κ1) is 21.8. The van der Waals surface area contributed by atoms with E-state index in [1.165, 1.54) is 5.57 Å². The fourth-order valence-electron chi connectivity index (χ4n) is 4.08. The molecule has 1 aliphatic carbocycles. The van der Waals surface area contributed by atoms with E-state index in [4.69, 9.17) is 14.7 Å². The van der Waals surface area contributed by atoms with Gasteiger partial charge in [-0.2, -0.15) is 5.48 Å². The number of rotatable bonds is 9. The molecule has 3 aromatic carbocycles. The highest BCUT2D eigenvalue weighted by molar-refractivity contribution is 5.73. The van der Waals surface area contributed by atoms with Crippen LogP contribution in [0.3, 0.4) is 0 Å². The van der Waals surface area contributed by atoms with Crippen molar-refractivity contribution >= 4 is 11.5 Å². The van der Waals surface area contributed by atoms with Crippen LogP contribution in [-0.4, -0.2) is 24.2 Å². The lowest BCUT2D eigenvalue weighted by atomic mass is 9.86. The quantitative estimate of drug-likeness (QED) is 0.362. The molecular weight excluding hydrogens is 402 g/mol. The average molecular weight is 430 g/mol. The summed E-state index contributed by atoms with van der Waals surface area (Å²) in [7, 11) is 0. The van der Waals surface area contributed by atoms with E-state index in [1.807, 2.05) is 48.5 Å². The number of carboxylic acid groups (broad SMARTS) is 1. The van der Waals surface area contributed by atoms with Crippen LogP contribution in [0.2, 0.25) is 0 Å². The summed E-state index contributed by atoms with van der Waals surface area (Å²) in [5.41, 5.74) is 8.73. The van der Waals surface area contributed by atoms with Crippen molar-refractivity contribution in [3.8, 4) is 5.75 Å². The smallest absolute Gasteiger partial charge is 0.341 e. The van der Waals surface area contributed by atoms with E-state index >= 15 is 0 Å². The largest absolute Gasteiger partial charge is 0.482 e. The van der Waals surface area contributed by atoms with Gasteiger partial charge in [-0.15, -0.1) is 0 Å². The molecule has 0 aromatic heterocycles. The Labute approximate surface area is 188 Å². The minimum absolute atomic E-state index is 0.203. The van der Waals surface area contributed by atoms with Crippen LogP contribution >= 0.6 is 0 Å². The van der Waals surface area contributed by atoms with Crippen molar-refractivity contribution in [2.24, 2.45) is 0 Å². The minimum atomic E-state index is -0.970. The van der Waals surface area contributed by atoms with Crippen molar-refractivity contribution < 1.29 is 19.5 Å². The monoisotopic (exact) mass is 429 g/mol. The van der Waals surface area contributed by atoms with E-state index in [0.29, 0.717) is 12.3 Å². The Morgan fingerprint density at radius 3 is 2.28 bits per heavy atom. The van der Waals surface area contributed by atoms with E-state index in [2.05, 4.69) is 41.9 Å². The molecule has 0 atom stereocenters. The maximum absolute atomic E-state index is 10.9. The van der Waals surface area contributed by atoms with Crippen LogP contribution in [0.4, 0.5) is 0 Å². The van der Waals surface area contributed by atoms with Crippen molar-refractivity contribution in [2.45, 2.75) is 25.4 Å². The Morgan fingerprint density at radius 2 is 1.62 bits per heavy atom. The number of aliphatic carboxylic acids is 1. The molecule has 1 aliphatic rings. The molecule has 0 aliphatic heterocycles. The molecule has 5 nitrogen and oxygen atoms in total. The number of fused-ring (bicyclic) bond motifs is 1. The second kappa shape index (κ2) is 10.8. The van der Waals surface area contributed by atoms with Gasteiger partial charge in [0.05, 0.1) is 0 Å². The minimum Gasteiger partial charge on any atom is -0.482 e. The highest BCUT2D eigenvalue weighted by atomic mass is 16.7. The van der Waals surface area contributed by atoms with Gasteiger partial charge in [0.25, 0.3) is 0 Å². The van der Waals surface area contributed by atoms with Crippen LogP contribution in [0.5, 0.6) is 5.75 Å². The fourth-order valence-corrected chi connectivity index (χ4v) is 4.08. The molecular formula is C27H27NO4. The van der Waals surface area contributed by atoms with E-state index in [0.717, 1.165) is 41.5 Å². The third-order valence-electron chi connectivity index (χ3n) is 5.54. The molecule has 0 saturated carbocycles. The number of carbonyl (C=O) groups is 1. The second-order valence-corrected chi connectivity index (χ2v) is 7.72.